The van der Waals surface area contributed by atoms with Crippen LogP contribution >= 0.6 is 0 Å². The van der Waals surface area contributed by atoms with E-state index in [2.05, 4.69) is 0 Å². The molecule has 0 saturated carbocycles. The fraction of sp³-hybridized carbons (Fsp3) is 0.571. The zero-order valence-corrected chi connectivity index (χ0v) is 15.3. The maximum atomic E-state index is 12.8. The molecule has 2 rings (SSSR count). The van der Waals surface area contributed by atoms with Crippen molar-refractivity contribution < 1.29 is 16.8 Å². The number of hydrogen-bond acceptors (Lipinski definition) is 4. The van der Waals surface area contributed by atoms with Gasteiger partial charge in [0.15, 0.2) is 0 Å². The number of nitrogens with zero attached hydrogens (tertiary/aromatic N) is 3. The lowest BCUT2D eigenvalue weighted by molar-refractivity contribution is 0.378. The number of aryl methyl sites for hydroxylation is 1. The van der Waals surface area contributed by atoms with E-state index in [1.807, 2.05) is 0 Å². The lowest BCUT2D eigenvalue weighted by Gasteiger charge is -2.24. The van der Waals surface area contributed by atoms with E-state index in [4.69, 9.17) is 0 Å². The van der Waals surface area contributed by atoms with Crippen molar-refractivity contribution in [1.29, 1.82) is 0 Å². The highest BCUT2D eigenvalue weighted by Gasteiger charge is 2.32. The normalized spacial score (nSPS) is 19.0. The molecule has 0 radical (unpaired) electrons. The summed E-state index contributed by atoms with van der Waals surface area (Å²) in [4.78, 5) is 0.281. The van der Waals surface area contributed by atoms with Crippen molar-refractivity contribution in [3.8, 4) is 0 Å². The van der Waals surface area contributed by atoms with Crippen molar-refractivity contribution in [3.63, 3.8) is 0 Å². The first-order chi connectivity index (χ1) is 10.7. The number of hydrogen-bond donors (Lipinski definition) is 0. The van der Waals surface area contributed by atoms with Crippen LogP contribution in [0.4, 0.5) is 0 Å². The van der Waals surface area contributed by atoms with Gasteiger partial charge in [-0.1, -0.05) is 18.2 Å². The van der Waals surface area contributed by atoms with Gasteiger partial charge < -0.3 is 0 Å². The van der Waals surface area contributed by atoms with Crippen molar-refractivity contribution in [2.24, 2.45) is 0 Å². The maximum absolute atomic E-state index is 12.8. The first-order valence-electron chi connectivity index (χ1n) is 7.41. The van der Waals surface area contributed by atoms with Crippen LogP contribution in [0.15, 0.2) is 29.2 Å². The average Bonchev–Trinajstić information content (AvgIpc) is 2.74. The Morgan fingerprint density at radius 3 is 2.09 bits per heavy atom. The van der Waals surface area contributed by atoms with Gasteiger partial charge in [0.1, 0.15) is 0 Å². The van der Waals surface area contributed by atoms with Gasteiger partial charge in [0.25, 0.3) is 10.2 Å². The Morgan fingerprint density at radius 2 is 1.48 bits per heavy atom. The summed E-state index contributed by atoms with van der Waals surface area (Å²) in [6, 6.07) is 6.83. The summed E-state index contributed by atoms with van der Waals surface area (Å²) < 4.78 is 53.9. The van der Waals surface area contributed by atoms with E-state index >= 15 is 0 Å². The van der Waals surface area contributed by atoms with E-state index in [9.17, 15) is 16.8 Å². The summed E-state index contributed by atoms with van der Waals surface area (Å²) in [5.41, 5.74) is 0.689. The van der Waals surface area contributed by atoms with E-state index in [1.165, 1.54) is 22.7 Å². The van der Waals surface area contributed by atoms with Gasteiger partial charge in [0.05, 0.1) is 4.90 Å². The largest absolute Gasteiger partial charge is 0.281 e. The minimum atomic E-state index is -3.61. The standard InChI is InChI=1S/C14H23N3O4S2/c1-13-7-4-5-8-14(13)22(18,19)16-9-6-10-17(12-11-16)23(20,21)15(2)3/h4-5,7-8H,6,9-12H2,1-3H3. The quantitative estimate of drug-likeness (QED) is 0.782. The molecule has 1 aliphatic heterocycles. The average molecular weight is 361 g/mol. The van der Waals surface area contributed by atoms with Crippen molar-refractivity contribution in [2.75, 3.05) is 40.3 Å². The first-order valence-corrected chi connectivity index (χ1v) is 10.2. The molecule has 1 fully saturated rings. The molecule has 9 heteroatoms. The molecular formula is C14H23N3O4S2. The zero-order chi connectivity index (χ0) is 17.3. The van der Waals surface area contributed by atoms with Crippen molar-refractivity contribution in [1.82, 2.24) is 12.9 Å². The highest BCUT2D eigenvalue weighted by atomic mass is 32.2. The highest BCUT2D eigenvalue weighted by molar-refractivity contribution is 7.89. The van der Waals surface area contributed by atoms with Crippen LogP contribution in [0.3, 0.4) is 0 Å². The predicted molar refractivity (Wildman–Crippen MR) is 88.7 cm³/mol. The Kier molecular flexibility index (Phi) is 5.47. The van der Waals surface area contributed by atoms with Gasteiger partial charge in [-0.25, -0.2) is 8.42 Å². The number of rotatable bonds is 4. The van der Waals surface area contributed by atoms with Crippen LogP contribution in [0, 0.1) is 6.92 Å². The summed E-state index contributed by atoms with van der Waals surface area (Å²) in [6.45, 7) is 2.71. The van der Waals surface area contributed by atoms with Crippen molar-refractivity contribution >= 4 is 20.2 Å². The molecule has 0 aliphatic carbocycles. The van der Waals surface area contributed by atoms with Crippen LogP contribution < -0.4 is 0 Å². The molecule has 0 amide bonds. The van der Waals surface area contributed by atoms with Crippen LogP contribution in [0.2, 0.25) is 0 Å². The molecule has 0 spiro atoms. The molecule has 0 bridgehead atoms. The SMILES string of the molecule is Cc1ccccc1S(=O)(=O)N1CCCN(S(=O)(=O)N(C)C)CC1. The van der Waals surface area contributed by atoms with Crippen LogP contribution in [-0.4, -0.2) is 70.0 Å². The molecular weight excluding hydrogens is 338 g/mol. The van der Waals surface area contributed by atoms with Crippen LogP contribution in [-0.2, 0) is 20.2 Å². The molecule has 0 aromatic heterocycles. The zero-order valence-electron chi connectivity index (χ0n) is 13.6. The minimum Gasteiger partial charge on any atom is -0.207 e. The Hall–Kier alpha value is -1.00. The molecule has 1 aromatic rings. The lowest BCUT2D eigenvalue weighted by Crippen LogP contribution is -2.42. The second-order valence-corrected chi connectivity index (χ2v) is 9.76. The third kappa shape index (κ3) is 3.74. The molecule has 0 atom stereocenters. The van der Waals surface area contributed by atoms with Gasteiger partial charge in [0, 0.05) is 40.3 Å². The van der Waals surface area contributed by atoms with Gasteiger partial charge in [0.2, 0.25) is 10.0 Å². The number of sulfonamides is 1. The molecule has 1 aliphatic rings. The molecule has 1 aromatic carbocycles. The van der Waals surface area contributed by atoms with Gasteiger partial charge in [-0.3, -0.25) is 0 Å². The fourth-order valence-corrected chi connectivity index (χ4v) is 5.39. The summed E-state index contributed by atoms with van der Waals surface area (Å²) in [5.74, 6) is 0. The van der Waals surface area contributed by atoms with Crippen LogP contribution in [0.5, 0.6) is 0 Å². The summed E-state index contributed by atoms with van der Waals surface area (Å²) in [5, 5.41) is 0. The first kappa shape index (κ1) is 18.3. The van der Waals surface area contributed by atoms with E-state index < -0.39 is 20.2 Å². The summed E-state index contributed by atoms with van der Waals surface area (Å²) in [7, 11) is -4.18. The minimum absolute atomic E-state index is 0.156. The molecule has 1 saturated heterocycles. The molecule has 1 heterocycles. The summed E-state index contributed by atoms with van der Waals surface area (Å²) >= 11 is 0. The molecule has 130 valence electrons. The van der Waals surface area contributed by atoms with E-state index in [0.29, 0.717) is 25.1 Å². The van der Waals surface area contributed by atoms with E-state index in [0.717, 1.165) is 4.31 Å². The van der Waals surface area contributed by atoms with Crippen molar-refractivity contribution in [3.05, 3.63) is 29.8 Å². The predicted octanol–water partition coefficient (Wildman–Crippen LogP) is 0.498. The highest BCUT2D eigenvalue weighted by Crippen LogP contribution is 2.21. The van der Waals surface area contributed by atoms with Gasteiger partial charge in [-0.05, 0) is 25.0 Å². The molecule has 0 N–H and O–H groups in total. The Labute approximate surface area is 138 Å². The second kappa shape index (κ2) is 6.86. The van der Waals surface area contributed by atoms with Gasteiger partial charge >= 0.3 is 0 Å². The van der Waals surface area contributed by atoms with Gasteiger partial charge in [-0.2, -0.15) is 21.3 Å². The molecule has 7 nitrogen and oxygen atoms in total. The van der Waals surface area contributed by atoms with E-state index in [-0.39, 0.29) is 18.0 Å². The lowest BCUT2D eigenvalue weighted by atomic mass is 10.2. The van der Waals surface area contributed by atoms with Crippen molar-refractivity contribution in [2.45, 2.75) is 18.2 Å². The Balaban J connectivity index is 2.23. The Bertz CT molecular complexity index is 760. The molecule has 23 heavy (non-hydrogen) atoms. The molecule has 0 unspecified atom stereocenters. The van der Waals surface area contributed by atoms with Gasteiger partial charge in [-0.15, -0.1) is 0 Å². The smallest absolute Gasteiger partial charge is 0.207 e. The Morgan fingerprint density at radius 1 is 0.913 bits per heavy atom. The third-order valence-electron chi connectivity index (χ3n) is 3.91. The maximum Gasteiger partial charge on any atom is 0.281 e. The second-order valence-electron chi connectivity index (χ2n) is 5.71. The van der Waals surface area contributed by atoms with E-state index in [1.54, 1.807) is 31.2 Å². The monoisotopic (exact) mass is 361 g/mol. The van der Waals surface area contributed by atoms with Crippen LogP contribution in [0.1, 0.15) is 12.0 Å². The topological polar surface area (TPSA) is 78.0 Å². The third-order valence-corrected chi connectivity index (χ3v) is 7.91. The summed E-state index contributed by atoms with van der Waals surface area (Å²) in [6.07, 6.45) is 0.470. The van der Waals surface area contributed by atoms with Crippen LogP contribution in [0.25, 0.3) is 0 Å². The number of benzene rings is 1. The fourth-order valence-electron chi connectivity index (χ4n) is 2.56.